The summed E-state index contributed by atoms with van der Waals surface area (Å²) in [7, 11) is -3.64. The molecule has 0 saturated carbocycles. The van der Waals surface area contributed by atoms with E-state index in [1.165, 1.54) is 6.07 Å². The first-order valence-corrected chi connectivity index (χ1v) is 9.27. The van der Waals surface area contributed by atoms with E-state index in [-0.39, 0.29) is 23.1 Å². The summed E-state index contributed by atoms with van der Waals surface area (Å²) in [6.45, 7) is 5.81. The van der Waals surface area contributed by atoms with Crippen molar-refractivity contribution in [3.8, 4) is 0 Å². The van der Waals surface area contributed by atoms with E-state index in [9.17, 15) is 13.2 Å². The van der Waals surface area contributed by atoms with Crippen LogP contribution in [0.3, 0.4) is 0 Å². The third-order valence-electron chi connectivity index (χ3n) is 2.93. The Morgan fingerprint density at radius 1 is 1.48 bits per heavy atom. The minimum Gasteiger partial charge on any atom is -0.481 e. The van der Waals surface area contributed by atoms with Crippen LogP contribution in [0.2, 0.25) is 4.34 Å². The summed E-state index contributed by atoms with van der Waals surface area (Å²) >= 11 is 6.88. The van der Waals surface area contributed by atoms with Crippen LogP contribution in [-0.2, 0) is 14.8 Å². The predicted molar refractivity (Wildman–Crippen MR) is 84.5 cm³/mol. The lowest BCUT2D eigenvalue weighted by Crippen LogP contribution is -2.30. The number of hydrogen-bond donors (Lipinski definition) is 2. The van der Waals surface area contributed by atoms with E-state index < -0.39 is 16.0 Å². The van der Waals surface area contributed by atoms with Gasteiger partial charge in [0.25, 0.3) is 0 Å². The molecular weight excluding hydrogens is 334 g/mol. The summed E-state index contributed by atoms with van der Waals surface area (Å²) in [5, 5.41) is 8.89. The molecule has 1 heterocycles. The Labute approximate surface area is 134 Å². The molecule has 0 amide bonds. The molecule has 1 aromatic heterocycles. The van der Waals surface area contributed by atoms with Crippen molar-refractivity contribution in [1.82, 2.24) is 4.72 Å². The summed E-state index contributed by atoms with van der Waals surface area (Å²) in [6, 6.07) is 1.52. The molecule has 5 nitrogen and oxygen atoms in total. The molecule has 0 aliphatic rings. The van der Waals surface area contributed by atoms with Crippen LogP contribution in [0, 0.1) is 18.8 Å². The van der Waals surface area contributed by atoms with E-state index in [2.05, 4.69) is 4.72 Å². The van der Waals surface area contributed by atoms with E-state index >= 15 is 0 Å². The average molecular weight is 354 g/mol. The molecule has 1 atom stereocenters. The molecule has 0 radical (unpaired) electrons. The summed E-state index contributed by atoms with van der Waals surface area (Å²) in [5.41, 5.74) is 0.714. The van der Waals surface area contributed by atoms with Gasteiger partial charge >= 0.3 is 5.97 Å². The van der Waals surface area contributed by atoms with Crippen LogP contribution >= 0.6 is 22.9 Å². The van der Waals surface area contributed by atoms with Crippen molar-refractivity contribution < 1.29 is 18.3 Å². The molecule has 2 N–H and O–H groups in total. The minimum absolute atomic E-state index is 0.0507. The van der Waals surface area contributed by atoms with E-state index in [0.29, 0.717) is 22.2 Å². The predicted octanol–water partition coefficient (Wildman–Crippen LogP) is 3.13. The van der Waals surface area contributed by atoms with Gasteiger partial charge in [-0.2, -0.15) is 0 Å². The first kappa shape index (κ1) is 18.4. The van der Waals surface area contributed by atoms with Gasteiger partial charge in [-0.25, -0.2) is 13.1 Å². The van der Waals surface area contributed by atoms with Gasteiger partial charge in [-0.15, -0.1) is 11.3 Å². The number of aryl methyl sites for hydroxylation is 1. The number of carboxylic acids is 1. The molecule has 0 aromatic carbocycles. The van der Waals surface area contributed by atoms with E-state index in [0.717, 1.165) is 11.3 Å². The van der Waals surface area contributed by atoms with Crippen molar-refractivity contribution in [2.75, 3.05) is 6.54 Å². The van der Waals surface area contributed by atoms with Crippen molar-refractivity contribution in [2.24, 2.45) is 11.8 Å². The number of sulfonamides is 1. The van der Waals surface area contributed by atoms with Gasteiger partial charge in [-0.05, 0) is 36.8 Å². The fourth-order valence-electron chi connectivity index (χ4n) is 2.02. The number of aliphatic carboxylic acids is 1. The Kier molecular flexibility index (Phi) is 6.65. The zero-order chi connectivity index (χ0) is 16.2. The van der Waals surface area contributed by atoms with Crippen molar-refractivity contribution in [3.05, 3.63) is 16.0 Å². The summed E-state index contributed by atoms with van der Waals surface area (Å²) in [5.74, 6) is -0.846. The Morgan fingerprint density at radius 2 is 2.10 bits per heavy atom. The molecule has 0 bridgehead atoms. The summed E-state index contributed by atoms with van der Waals surface area (Å²) in [4.78, 5) is 10.8. The van der Waals surface area contributed by atoms with E-state index in [1.807, 2.05) is 13.8 Å². The highest BCUT2D eigenvalue weighted by atomic mass is 35.5. The van der Waals surface area contributed by atoms with E-state index in [1.54, 1.807) is 6.92 Å². The van der Waals surface area contributed by atoms with Crippen LogP contribution in [0.5, 0.6) is 0 Å². The third kappa shape index (κ3) is 5.94. The lowest BCUT2D eigenvalue weighted by atomic mass is 9.94. The SMILES string of the molecule is Cc1cc(S(=O)(=O)NC[C@H](CC(=O)O)CC(C)C)sc1Cl. The van der Waals surface area contributed by atoms with Crippen molar-refractivity contribution in [1.29, 1.82) is 0 Å². The maximum atomic E-state index is 12.2. The van der Waals surface area contributed by atoms with Gasteiger partial charge in [0.1, 0.15) is 4.21 Å². The smallest absolute Gasteiger partial charge is 0.303 e. The highest BCUT2D eigenvalue weighted by molar-refractivity contribution is 7.91. The second kappa shape index (κ2) is 7.58. The molecule has 0 aliphatic carbocycles. The monoisotopic (exact) mass is 353 g/mol. The van der Waals surface area contributed by atoms with Gasteiger partial charge < -0.3 is 5.11 Å². The number of halogens is 1. The fourth-order valence-corrected chi connectivity index (χ4v) is 4.88. The molecule has 8 heteroatoms. The van der Waals surface area contributed by atoms with Gasteiger partial charge in [0, 0.05) is 13.0 Å². The summed E-state index contributed by atoms with van der Waals surface area (Å²) < 4.78 is 27.4. The van der Waals surface area contributed by atoms with Crippen LogP contribution in [0.4, 0.5) is 0 Å². The van der Waals surface area contributed by atoms with Gasteiger partial charge in [0.15, 0.2) is 0 Å². The molecule has 0 spiro atoms. The topological polar surface area (TPSA) is 83.5 Å². The summed E-state index contributed by atoms with van der Waals surface area (Å²) in [6.07, 6.45) is 0.601. The number of hydrogen-bond acceptors (Lipinski definition) is 4. The highest BCUT2D eigenvalue weighted by Crippen LogP contribution is 2.30. The molecule has 0 aliphatic heterocycles. The normalized spacial score (nSPS) is 13.6. The Hall–Kier alpha value is -0.630. The number of carboxylic acid groups (broad SMARTS) is 1. The Balaban J connectivity index is 2.75. The van der Waals surface area contributed by atoms with Crippen LogP contribution in [0.1, 0.15) is 32.3 Å². The number of thiophene rings is 1. The van der Waals surface area contributed by atoms with Crippen LogP contribution in [0.25, 0.3) is 0 Å². The van der Waals surface area contributed by atoms with Crippen molar-refractivity contribution >= 4 is 38.9 Å². The second-order valence-electron chi connectivity index (χ2n) is 5.47. The quantitative estimate of drug-likeness (QED) is 0.752. The first-order valence-electron chi connectivity index (χ1n) is 6.59. The molecule has 0 fully saturated rings. The number of nitrogens with one attached hydrogen (secondary N) is 1. The maximum Gasteiger partial charge on any atom is 0.303 e. The van der Waals surface area contributed by atoms with Crippen LogP contribution < -0.4 is 4.72 Å². The lowest BCUT2D eigenvalue weighted by Gasteiger charge is -2.17. The zero-order valence-corrected chi connectivity index (χ0v) is 14.6. The molecule has 0 unspecified atom stereocenters. The van der Waals surface area contributed by atoms with Gasteiger partial charge in [-0.3, -0.25) is 4.79 Å². The van der Waals surface area contributed by atoms with Gasteiger partial charge in [0.2, 0.25) is 10.0 Å². The lowest BCUT2D eigenvalue weighted by molar-refractivity contribution is -0.138. The molecule has 1 aromatic rings. The van der Waals surface area contributed by atoms with Gasteiger partial charge in [0.05, 0.1) is 4.34 Å². The number of carbonyl (C=O) groups is 1. The maximum absolute atomic E-state index is 12.2. The largest absolute Gasteiger partial charge is 0.481 e. The minimum atomic E-state index is -3.64. The van der Waals surface area contributed by atoms with Crippen LogP contribution in [-0.4, -0.2) is 26.0 Å². The van der Waals surface area contributed by atoms with Gasteiger partial charge in [-0.1, -0.05) is 25.4 Å². The molecular formula is C13H20ClNO4S2. The van der Waals surface area contributed by atoms with Crippen molar-refractivity contribution in [2.45, 2.75) is 37.8 Å². The van der Waals surface area contributed by atoms with E-state index in [4.69, 9.17) is 16.7 Å². The van der Waals surface area contributed by atoms with Crippen LogP contribution in [0.15, 0.2) is 10.3 Å². The highest BCUT2D eigenvalue weighted by Gasteiger charge is 2.22. The first-order chi connectivity index (χ1) is 9.61. The molecule has 1 rings (SSSR count). The number of rotatable bonds is 8. The molecule has 21 heavy (non-hydrogen) atoms. The fraction of sp³-hybridized carbons (Fsp3) is 0.615. The third-order valence-corrected chi connectivity index (χ3v) is 6.38. The zero-order valence-electron chi connectivity index (χ0n) is 12.2. The second-order valence-corrected chi connectivity index (χ2v) is 9.12. The molecule has 120 valence electrons. The average Bonchev–Trinajstić information content (AvgIpc) is 2.66. The standard InChI is InChI=1S/C13H20ClNO4S2/c1-8(2)4-10(6-11(16)17)7-15-21(18,19)12-5-9(3)13(14)20-12/h5,8,10,15H,4,6-7H2,1-3H3,(H,16,17)/t10-/m0/s1. The van der Waals surface area contributed by atoms with Crippen molar-refractivity contribution in [3.63, 3.8) is 0 Å². The molecule has 0 saturated heterocycles. The Morgan fingerprint density at radius 3 is 2.52 bits per heavy atom. The Bertz CT molecular complexity index is 576.